The summed E-state index contributed by atoms with van der Waals surface area (Å²) in [5.74, 6) is 0.298. The van der Waals surface area contributed by atoms with Gasteiger partial charge in [-0.25, -0.2) is 5.43 Å². The molecule has 0 aliphatic carbocycles. The van der Waals surface area contributed by atoms with Crippen LogP contribution in [0.5, 0.6) is 11.5 Å². The van der Waals surface area contributed by atoms with Crippen molar-refractivity contribution >= 4 is 45.8 Å². The van der Waals surface area contributed by atoms with Crippen LogP contribution in [0, 0.1) is 3.57 Å². The summed E-state index contributed by atoms with van der Waals surface area (Å²) in [6, 6.07) is 12.3. The summed E-state index contributed by atoms with van der Waals surface area (Å²) >= 11 is 2.19. The van der Waals surface area contributed by atoms with Gasteiger partial charge in [0.2, 0.25) is 5.91 Å². The molecule has 2 amide bonds. The highest BCUT2D eigenvalue weighted by atomic mass is 127. The van der Waals surface area contributed by atoms with Crippen molar-refractivity contribution < 1.29 is 19.1 Å². The van der Waals surface area contributed by atoms with Gasteiger partial charge < -0.3 is 14.8 Å². The van der Waals surface area contributed by atoms with Gasteiger partial charge in [0.05, 0.1) is 26.2 Å². The lowest BCUT2D eigenvalue weighted by Gasteiger charge is -2.09. The standard InChI is InChI=1S/C19H20IN3O4/c1-12(10-18(24)21-14-6-4-13(20)5-7-14)22-23-19(25)16-9-8-15(26-2)11-17(16)27-3/h4-9,11H,10H2,1-3H3,(H,21,24)(H,23,25)/b22-12-. The Morgan fingerprint density at radius 2 is 1.78 bits per heavy atom. The van der Waals surface area contributed by atoms with Crippen molar-refractivity contribution in [3.63, 3.8) is 0 Å². The van der Waals surface area contributed by atoms with Crippen molar-refractivity contribution in [2.45, 2.75) is 13.3 Å². The summed E-state index contributed by atoms with van der Waals surface area (Å²) in [4.78, 5) is 24.3. The smallest absolute Gasteiger partial charge is 0.275 e. The van der Waals surface area contributed by atoms with Crippen LogP contribution in [-0.4, -0.2) is 31.7 Å². The van der Waals surface area contributed by atoms with Gasteiger partial charge in [-0.15, -0.1) is 0 Å². The van der Waals surface area contributed by atoms with Gasteiger partial charge in [0.15, 0.2) is 0 Å². The minimum absolute atomic E-state index is 0.0615. The molecule has 0 fully saturated rings. The van der Waals surface area contributed by atoms with E-state index < -0.39 is 5.91 Å². The zero-order chi connectivity index (χ0) is 19.8. The number of rotatable bonds is 7. The van der Waals surface area contributed by atoms with Crippen molar-refractivity contribution in [2.75, 3.05) is 19.5 Å². The second-order valence-electron chi connectivity index (χ2n) is 5.59. The number of hydrazone groups is 1. The lowest BCUT2D eigenvalue weighted by atomic mass is 10.2. The maximum Gasteiger partial charge on any atom is 0.275 e. The number of carbonyl (C=O) groups is 2. The molecule has 0 unspecified atom stereocenters. The van der Waals surface area contributed by atoms with Gasteiger partial charge in [0.1, 0.15) is 11.5 Å². The first-order valence-corrected chi connectivity index (χ1v) is 9.11. The number of methoxy groups -OCH3 is 2. The normalized spacial score (nSPS) is 10.9. The molecule has 0 aliphatic rings. The minimum Gasteiger partial charge on any atom is -0.497 e. The second kappa shape index (κ2) is 9.91. The first-order chi connectivity index (χ1) is 12.9. The first-order valence-electron chi connectivity index (χ1n) is 8.04. The molecule has 2 rings (SSSR count). The van der Waals surface area contributed by atoms with Crippen molar-refractivity contribution in [3.05, 3.63) is 51.6 Å². The second-order valence-corrected chi connectivity index (χ2v) is 6.83. The lowest BCUT2D eigenvalue weighted by molar-refractivity contribution is -0.115. The van der Waals surface area contributed by atoms with Gasteiger partial charge in [-0.2, -0.15) is 5.10 Å². The Bertz CT molecular complexity index is 851. The molecule has 0 heterocycles. The van der Waals surface area contributed by atoms with Gasteiger partial charge >= 0.3 is 0 Å². The Morgan fingerprint density at radius 1 is 1.07 bits per heavy atom. The number of nitrogens with zero attached hydrogens (tertiary/aromatic N) is 1. The molecule has 8 heteroatoms. The Labute approximate surface area is 171 Å². The predicted molar refractivity (Wildman–Crippen MR) is 113 cm³/mol. The summed E-state index contributed by atoms with van der Waals surface area (Å²) in [5, 5.41) is 6.76. The van der Waals surface area contributed by atoms with Crippen LogP contribution in [0.25, 0.3) is 0 Å². The molecule has 142 valence electrons. The molecular weight excluding hydrogens is 461 g/mol. The van der Waals surface area contributed by atoms with Crippen molar-refractivity contribution in [3.8, 4) is 11.5 Å². The highest BCUT2D eigenvalue weighted by Crippen LogP contribution is 2.24. The summed E-state index contributed by atoms with van der Waals surface area (Å²) in [5.41, 5.74) is 3.93. The van der Waals surface area contributed by atoms with Gasteiger partial charge in [-0.3, -0.25) is 9.59 Å². The molecule has 2 aromatic rings. The van der Waals surface area contributed by atoms with E-state index in [1.807, 2.05) is 24.3 Å². The van der Waals surface area contributed by atoms with Crippen LogP contribution in [-0.2, 0) is 4.79 Å². The number of hydrogen-bond acceptors (Lipinski definition) is 5. The number of anilines is 1. The Balaban J connectivity index is 1.95. The summed E-state index contributed by atoms with van der Waals surface area (Å²) in [6.45, 7) is 1.67. The quantitative estimate of drug-likeness (QED) is 0.360. The van der Waals surface area contributed by atoms with Crippen LogP contribution in [0.1, 0.15) is 23.7 Å². The number of amides is 2. The van der Waals surface area contributed by atoms with E-state index in [0.717, 1.165) is 3.57 Å². The van der Waals surface area contributed by atoms with Crippen LogP contribution in [0.15, 0.2) is 47.6 Å². The van der Waals surface area contributed by atoms with E-state index in [-0.39, 0.29) is 12.3 Å². The molecule has 0 aromatic heterocycles. The number of hydrogen-bond donors (Lipinski definition) is 2. The number of ether oxygens (including phenoxy) is 2. The van der Waals surface area contributed by atoms with Gasteiger partial charge in [-0.05, 0) is 65.9 Å². The fourth-order valence-corrected chi connectivity index (χ4v) is 2.56. The highest BCUT2D eigenvalue weighted by Gasteiger charge is 2.13. The number of nitrogens with one attached hydrogen (secondary N) is 2. The van der Waals surface area contributed by atoms with E-state index in [1.54, 1.807) is 25.1 Å². The topological polar surface area (TPSA) is 89.0 Å². The van der Waals surface area contributed by atoms with Crippen LogP contribution in [0.2, 0.25) is 0 Å². The number of halogens is 1. The molecule has 2 N–H and O–H groups in total. The van der Waals surface area contributed by atoms with Crippen LogP contribution in [0.3, 0.4) is 0 Å². The lowest BCUT2D eigenvalue weighted by Crippen LogP contribution is -2.22. The van der Waals surface area contributed by atoms with Crippen LogP contribution < -0.4 is 20.2 Å². The van der Waals surface area contributed by atoms with Gasteiger partial charge in [0.25, 0.3) is 5.91 Å². The fraction of sp³-hybridized carbons (Fsp3) is 0.211. The first kappa shape index (κ1) is 20.7. The minimum atomic E-state index is -0.438. The van der Waals surface area contributed by atoms with E-state index >= 15 is 0 Å². The summed E-state index contributed by atoms with van der Waals surface area (Å²) in [7, 11) is 3.00. The van der Waals surface area contributed by atoms with Gasteiger partial charge in [-0.1, -0.05) is 0 Å². The van der Waals surface area contributed by atoms with E-state index in [2.05, 4.69) is 38.4 Å². The van der Waals surface area contributed by atoms with Gasteiger partial charge in [0, 0.05) is 21.0 Å². The van der Waals surface area contributed by atoms with E-state index in [4.69, 9.17) is 9.47 Å². The Hall–Kier alpha value is -2.62. The summed E-state index contributed by atoms with van der Waals surface area (Å²) in [6.07, 6.45) is 0.0615. The SMILES string of the molecule is COc1ccc(C(=O)N/N=C(/C)CC(=O)Nc2ccc(I)cc2)c(OC)c1. The molecule has 0 saturated carbocycles. The van der Waals surface area contributed by atoms with E-state index in [0.29, 0.717) is 28.5 Å². The number of carbonyl (C=O) groups excluding carboxylic acids is 2. The molecular formula is C19H20IN3O4. The monoisotopic (exact) mass is 481 g/mol. The van der Waals surface area contributed by atoms with Crippen molar-refractivity contribution in [1.29, 1.82) is 0 Å². The molecule has 0 atom stereocenters. The van der Waals surface area contributed by atoms with Crippen LogP contribution in [0.4, 0.5) is 5.69 Å². The maximum absolute atomic E-state index is 12.3. The molecule has 0 bridgehead atoms. The molecule has 27 heavy (non-hydrogen) atoms. The molecule has 2 aromatic carbocycles. The highest BCUT2D eigenvalue weighted by molar-refractivity contribution is 14.1. The molecule has 7 nitrogen and oxygen atoms in total. The summed E-state index contributed by atoms with van der Waals surface area (Å²) < 4.78 is 11.4. The predicted octanol–water partition coefficient (Wildman–Crippen LogP) is 3.44. The van der Waals surface area contributed by atoms with Crippen LogP contribution >= 0.6 is 22.6 Å². The van der Waals surface area contributed by atoms with Crippen molar-refractivity contribution in [2.24, 2.45) is 5.10 Å². The third-order valence-corrected chi connectivity index (χ3v) is 4.27. The van der Waals surface area contributed by atoms with E-state index in [1.165, 1.54) is 14.2 Å². The third-order valence-electron chi connectivity index (χ3n) is 3.55. The third kappa shape index (κ3) is 6.24. The zero-order valence-electron chi connectivity index (χ0n) is 15.2. The largest absolute Gasteiger partial charge is 0.497 e. The average Bonchev–Trinajstić information content (AvgIpc) is 2.67. The molecule has 0 radical (unpaired) electrons. The maximum atomic E-state index is 12.3. The number of benzene rings is 2. The molecule has 0 aliphatic heterocycles. The fourth-order valence-electron chi connectivity index (χ4n) is 2.20. The Morgan fingerprint density at radius 3 is 2.41 bits per heavy atom. The van der Waals surface area contributed by atoms with E-state index in [9.17, 15) is 9.59 Å². The Kier molecular flexibility index (Phi) is 7.59. The average molecular weight is 481 g/mol. The molecule has 0 saturated heterocycles. The van der Waals surface area contributed by atoms with Crippen molar-refractivity contribution in [1.82, 2.24) is 5.43 Å². The molecule has 0 spiro atoms. The zero-order valence-corrected chi connectivity index (χ0v) is 17.4.